The summed E-state index contributed by atoms with van der Waals surface area (Å²) >= 11 is 0. The number of carbonyl (C=O) groups is 1. The van der Waals surface area contributed by atoms with Crippen molar-refractivity contribution in [2.45, 2.75) is 32.1 Å². The molecule has 1 aromatic rings. The van der Waals surface area contributed by atoms with Crippen LogP contribution in [0.25, 0.3) is 0 Å². The average Bonchev–Trinajstić information content (AvgIpc) is 2.46. The Balaban J connectivity index is 2.69. The predicted octanol–water partition coefficient (Wildman–Crippen LogP) is 2.90. The Bertz CT molecular complexity index is 417. The maximum absolute atomic E-state index is 10.4. The van der Waals surface area contributed by atoms with Crippen molar-refractivity contribution in [3.63, 3.8) is 0 Å². The Morgan fingerprint density at radius 1 is 1.00 bits per heavy atom. The molecule has 1 rings (SSSR count). The number of ether oxygens (including phenoxy) is 3. The van der Waals surface area contributed by atoms with E-state index in [9.17, 15) is 4.79 Å². The zero-order chi connectivity index (χ0) is 15.0. The summed E-state index contributed by atoms with van der Waals surface area (Å²) in [7, 11) is 4.82. The second-order valence-electron chi connectivity index (χ2n) is 4.46. The number of hydrogen-bond donors (Lipinski definition) is 1. The predicted molar refractivity (Wildman–Crippen MR) is 75.9 cm³/mol. The fraction of sp³-hybridized carbons (Fsp3) is 0.533. The summed E-state index contributed by atoms with van der Waals surface area (Å²) in [6.45, 7) is 0. The normalized spacial score (nSPS) is 10.2. The molecular formula is C15H22O5. The third-order valence-electron chi connectivity index (χ3n) is 3.13. The minimum absolute atomic E-state index is 0.219. The van der Waals surface area contributed by atoms with Crippen LogP contribution in [0.4, 0.5) is 0 Å². The van der Waals surface area contributed by atoms with Crippen molar-refractivity contribution >= 4 is 5.97 Å². The van der Waals surface area contributed by atoms with Gasteiger partial charge in [0.25, 0.3) is 0 Å². The van der Waals surface area contributed by atoms with Gasteiger partial charge < -0.3 is 19.3 Å². The van der Waals surface area contributed by atoms with Gasteiger partial charge in [-0.25, -0.2) is 0 Å². The van der Waals surface area contributed by atoms with Gasteiger partial charge in [-0.05, 0) is 19.3 Å². The number of carboxylic acid groups (broad SMARTS) is 1. The molecule has 1 N–H and O–H groups in total. The Hall–Kier alpha value is -1.91. The van der Waals surface area contributed by atoms with Crippen LogP contribution in [0.2, 0.25) is 0 Å². The molecule has 0 radical (unpaired) electrons. The number of carboxylic acids is 1. The molecule has 0 saturated heterocycles. The quantitative estimate of drug-likeness (QED) is 0.705. The highest BCUT2D eigenvalue weighted by Gasteiger charge is 2.12. The van der Waals surface area contributed by atoms with Crippen molar-refractivity contribution in [2.75, 3.05) is 21.3 Å². The van der Waals surface area contributed by atoms with Crippen molar-refractivity contribution < 1.29 is 24.1 Å². The lowest BCUT2D eigenvalue weighted by molar-refractivity contribution is -0.137. The van der Waals surface area contributed by atoms with E-state index in [1.54, 1.807) is 21.3 Å². The van der Waals surface area contributed by atoms with Gasteiger partial charge in [0, 0.05) is 24.1 Å². The smallest absolute Gasteiger partial charge is 0.303 e. The van der Waals surface area contributed by atoms with E-state index in [1.165, 1.54) is 0 Å². The highest BCUT2D eigenvalue weighted by atomic mass is 16.5. The van der Waals surface area contributed by atoms with Gasteiger partial charge in [0.05, 0.1) is 21.3 Å². The first-order chi connectivity index (χ1) is 9.62. The minimum atomic E-state index is -0.746. The number of unbranched alkanes of at least 4 members (excludes halogenated alkanes) is 2. The first-order valence-electron chi connectivity index (χ1n) is 6.63. The molecule has 0 aliphatic carbocycles. The maximum atomic E-state index is 10.4. The van der Waals surface area contributed by atoms with Gasteiger partial charge in [0.2, 0.25) is 0 Å². The molecule has 112 valence electrons. The van der Waals surface area contributed by atoms with Crippen LogP contribution in [0.5, 0.6) is 17.2 Å². The van der Waals surface area contributed by atoms with Crippen LogP contribution in [0.15, 0.2) is 12.1 Å². The summed E-state index contributed by atoms with van der Waals surface area (Å²) in [5.74, 6) is 1.41. The van der Waals surface area contributed by atoms with E-state index in [1.807, 2.05) is 12.1 Å². The van der Waals surface area contributed by atoms with E-state index < -0.39 is 5.97 Å². The zero-order valence-electron chi connectivity index (χ0n) is 12.3. The Morgan fingerprint density at radius 2 is 1.60 bits per heavy atom. The molecule has 0 spiro atoms. The number of aliphatic carboxylic acids is 1. The molecule has 1 aromatic carbocycles. The summed E-state index contributed by atoms with van der Waals surface area (Å²) in [4.78, 5) is 10.4. The molecule has 0 heterocycles. The molecular weight excluding hydrogens is 260 g/mol. The molecule has 0 fully saturated rings. The Labute approximate surface area is 119 Å². The van der Waals surface area contributed by atoms with E-state index in [4.69, 9.17) is 19.3 Å². The maximum Gasteiger partial charge on any atom is 0.303 e. The first-order valence-corrected chi connectivity index (χ1v) is 6.63. The fourth-order valence-electron chi connectivity index (χ4n) is 2.08. The van der Waals surface area contributed by atoms with Crippen LogP contribution in [0.3, 0.4) is 0 Å². The van der Waals surface area contributed by atoms with Crippen molar-refractivity contribution in [1.82, 2.24) is 0 Å². The van der Waals surface area contributed by atoms with Crippen LogP contribution < -0.4 is 14.2 Å². The van der Waals surface area contributed by atoms with E-state index in [2.05, 4.69) is 0 Å². The van der Waals surface area contributed by atoms with Crippen LogP contribution >= 0.6 is 0 Å². The Morgan fingerprint density at radius 3 is 2.05 bits per heavy atom. The molecule has 0 aliphatic rings. The van der Waals surface area contributed by atoms with Gasteiger partial charge in [0.1, 0.15) is 17.2 Å². The molecule has 20 heavy (non-hydrogen) atoms. The van der Waals surface area contributed by atoms with Crippen molar-refractivity contribution in [3.05, 3.63) is 17.7 Å². The van der Waals surface area contributed by atoms with E-state index in [-0.39, 0.29) is 6.42 Å². The third kappa shape index (κ3) is 4.64. The number of methoxy groups -OCH3 is 3. The van der Waals surface area contributed by atoms with Gasteiger partial charge in [0.15, 0.2) is 0 Å². The monoisotopic (exact) mass is 282 g/mol. The van der Waals surface area contributed by atoms with Crippen LogP contribution in [0.1, 0.15) is 31.2 Å². The second-order valence-corrected chi connectivity index (χ2v) is 4.46. The lowest BCUT2D eigenvalue weighted by Gasteiger charge is -2.15. The van der Waals surface area contributed by atoms with E-state index in [0.717, 1.165) is 36.3 Å². The molecule has 0 aliphatic heterocycles. The minimum Gasteiger partial charge on any atom is -0.496 e. The molecule has 0 amide bonds. The molecule has 0 saturated carbocycles. The third-order valence-corrected chi connectivity index (χ3v) is 3.13. The lowest BCUT2D eigenvalue weighted by Crippen LogP contribution is -1.99. The van der Waals surface area contributed by atoms with E-state index in [0.29, 0.717) is 12.2 Å². The molecule has 5 nitrogen and oxygen atoms in total. The van der Waals surface area contributed by atoms with Gasteiger partial charge in [-0.3, -0.25) is 4.79 Å². The summed E-state index contributed by atoms with van der Waals surface area (Å²) in [6.07, 6.45) is 3.46. The molecule has 0 bridgehead atoms. The highest BCUT2D eigenvalue weighted by Crippen LogP contribution is 2.35. The molecule has 5 heteroatoms. The van der Waals surface area contributed by atoms with Crippen molar-refractivity contribution in [1.29, 1.82) is 0 Å². The standard InChI is InChI=1S/C15H22O5/c1-18-11-9-13(19-2)12(14(10-11)20-3)7-5-4-6-8-15(16)17/h9-10H,4-8H2,1-3H3,(H,16,17). The van der Waals surface area contributed by atoms with Gasteiger partial charge >= 0.3 is 5.97 Å². The van der Waals surface area contributed by atoms with Gasteiger partial charge in [-0.2, -0.15) is 0 Å². The topological polar surface area (TPSA) is 65.0 Å². The zero-order valence-corrected chi connectivity index (χ0v) is 12.3. The molecule has 0 aromatic heterocycles. The van der Waals surface area contributed by atoms with E-state index >= 15 is 0 Å². The van der Waals surface area contributed by atoms with Crippen LogP contribution in [-0.4, -0.2) is 32.4 Å². The van der Waals surface area contributed by atoms with Crippen LogP contribution in [0, 0.1) is 0 Å². The van der Waals surface area contributed by atoms with Gasteiger partial charge in [-0.1, -0.05) is 6.42 Å². The lowest BCUT2D eigenvalue weighted by atomic mass is 10.0. The SMILES string of the molecule is COc1cc(OC)c(CCCCCC(=O)O)c(OC)c1. The van der Waals surface area contributed by atoms with Gasteiger partial charge in [-0.15, -0.1) is 0 Å². The van der Waals surface area contributed by atoms with Crippen molar-refractivity contribution in [2.24, 2.45) is 0 Å². The highest BCUT2D eigenvalue weighted by molar-refractivity contribution is 5.66. The van der Waals surface area contributed by atoms with Crippen LogP contribution in [-0.2, 0) is 11.2 Å². The number of hydrogen-bond acceptors (Lipinski definition) is 4. The number of rotatable bonds is 9. The summed E-state index contributed by atoms with van der Waals surface area (Å²) in [5.41, 5.74) is 0.992. The average molecular weight is 282 g/mol. The summed E-state index contributed by atoms with van der Waals surface area (Å²) < 4.78 is 15.9. The summed E-state index contributed by atoms with van der Waals surface area (Å²) in [6, 6.07) is 3.66. The molecule has 0 atom stereocenters. The largest absolute Gasteiger partial charge is 0.496 e. The fourth-order valence-corrected chi connectivity index (χ4v) is 2.08. The van der Waals surface area contributed by atoms with Crippen molar-refractivity contribution in [3.8, 4) is 17.2 Å². The first kappa shape index (κ1) is 16.1. The Kier molecular flexibility index (Phi) is 6.70. The number of benzene rings is 1. The molecule has 0 unspecified atom stereocenters. The summed E-state index contributed by atoms with van der Waals surface area (Å²) in [5, 5.41) is 8.60. The second kappa shape index (κ2) is 8.30.